The van der Waals surface area contributed by atoms with Crippen LogP contribution in [-0.4, -0.2) is 29.8 Å². The molecule has 1 aliphatic heterocycles. The molecule has 0 radical (unpaired) electrons. The smallest absolute Gasteiger partial charge is 0.149 e. The second kappa shape index (κ2) is 5.70. The van der Waals surface area contributed by atoms with Gasteiger partial charge in [0, 0.05) is 32.8 Å². The molecule has 2 aromatic rings. The highest BCUT2D eigenvalue weighted by molar-refractivity contribution is 5.03. The summed E-state index contributed by atoms with van der Waals surface area (Å²) in [6, 6.07) is 0.163. The molecule has 1 atom stereocenters. The molecule has 7 nitrogen and oxygen atoms in total. The molecule has 7 heteroatoms. The van der Waals surface area contributed by atoms with Gasteiger partial charge in [-0.25, -0.2) is 0 Å². The minimum Gasteiger partial charge on any atom is -0.314 e. The van der Waals surface area contributed by atoms with Crippen molar-refractivity contribution in [3.63, 3.8) is 0 Å². The second-order valence-corrected chi connectivity index (χ2v) is 5.42. The molecule has 0 aliphatic carbocycles. The highest BCUT2D eigenvalue weighted by Crippen LogP contribution is 2.18. The van der Waals surface area contributed by atoms with E-state index >= 15 is 0 Å². The molecular weight excluding hydrogens is 254 g/mol. The van der Waals surface area contributed by atoms with E-state index in [1.807, 2.05) is 13.2 Å². The van der Waals surface area contributed by atoms with Crippen LogP contribution in [0.2, 0.25) is 0 Å². The van der Waals surface area contributed by atoms with Crippen LogP contribution in [0, 0.1) is 0 Å². The van der Waals surface area contributed by atoms with Crippen molar-refractivity contribution in [3.05, 3.63) is 23.5 Å². The lowest BCUT2D eigenvalue weighted by molar-refractivity contribution is 0.498. The molecule has 2 aromatic heterocycles. The van der Waals surface area contributed by atoms with Crippen LogP contribution < -0.4 is 5.32 Å². The van der Waals surface area contributed by atoms with Crippen molar-refractivity contribution in [2.75, 3.05) is 0 Å². The molecule has 0 aromatic carbocycles. The Labute approximate surface area is 118 Å². The lowest BCUT2D eigenvalue weighted by atomic mass is 10.2. The predicted octanol–water partition coefficient (Wildman–Crippen LogP) is 0.984. The summed E-state index contributed by atoms with van der Waals surface area (Å²) >= 11 is 0. The number of nitrogens with zero attached hydrogens (tertiary/aromatic N) is 6. The Bertz CT molecular complexity index is 571. The highest BCUT2D eigenvalue weighted by Gasteiger charge is 2.19. The summed E-state index contributed by atoms with van der Waals surface area (Å²) in [4.78, 5) is 0. The first-order valence-electron chi connectivity index (χ1n) is 7.24. The van der Waals surface area contributed by atoms with Crippen LogP contribution >= 0.6 is 0 Å². The molecule has 20 heavy (non-hydrogen) atoms. The van der Waals surface area contributed by atoms with E-state index in [1.54, 1.807) is 4.68 Å². The average molecular weight is 275 g/mol. The van der Waals surface area contributed by atoms with Gasteiger partial charge < -0.3 is 9.88 Å². The topological polar surface area (TPSA) is 73.5 Å². The molecule has 108 valence electrons. The van der Waals surface area contributed by atoms with Gasteiger partial charge in [-0.1, -0.05) is 11.6 Å². The quantitative estimate of drug-likeness (QED) is 0.900. The SMILES string of the molecule is CC(NCc1cn(C)nn1)c1nnc2n1CCCCC2. The Kier molecular flexibility index (Phi) is 3.77. The number of nitrogens with one attached hydrogen (secondary N) is 1. The van der Waals surface area contributed by atoms with Crippen molar-refractivity contribution in [1.29, 1.82) is 0 Å². The maximum atomic E-state index is 4.37. The van der Waals surface area contributed by atoms with E-state index in [9.17, 15) is 0 Å². The number of hydrogen-bond acceptors (Lipinski definition) is 5. The maximum Gasteiger partial charge on any atom is 0.149 e. The van der Waals surface area contributed by atoms with E-state index in [4.69, 9.17) is 0 Å². The first-order chi connectivity index (χ1) is 9.74. The Balaban J connectivity index is 1.68. The molecule has 0 spiro atoms. The van der Waals surface area contributed by atoms with Gasteiger partial charge in [-0.3, -0.25) is 4.68 Å². The number of hydrogen-bond donors (Lipinski definition) is 1. The van der Waals surface area contributed by atoms with Crippen LogP contribution in [0.5, 0.6) is 0 Å². The maximum absolute atomic E-state index is 4.37. The standard InChI is InChI=1S/C13H21N7/c1-10(14-8-11-9-19(2)18-15-11)13-17-16-12-6-4-3-5-7-20(12)13/h9-10,14H,3-8H2,1-2H3. The van der Waals surface area contributed by atoms with E-state index in [0.29, 0.717) is 6.54 Å². The molecule has 3 rings (SSSR count). The minimum absolute atomic E-state index is 0.163. The van der Waals surface area contributed by atoms with Crippen LogP contribution in [-0.2, 0) is 26.6 Å². The fraction of sp³-hybridized carbons (Fsp3) is 0.692. The summed E-state index contributed by atoms with van der Waals surface area (Å²) in [6.07, 6.45) is 6.69. The zero-order valence-corrected chi connectivity index (χ0v) is 12.1. The molecule has 1 aliphatic rings. The van der Waals surface area contributed by atoms with Gasteiger partial charge in [0.15, 0.2) is 0 Å². The van der Waals surface area contributed by atoms with Gasteiger partial charge in [0.2, 0.25) is 0 Å². The Morgan fingerprint density at radius 3 is 2.95 bits per heavy atom. The molecule has 0 bridgehead atoms. The van der Waals surface area contributed by atoms with Gasteiger partial charge in [0.1, 0.15) is 11.6 Å². The molecule has 0 amide bonds. The second-order valence-electron chi connectivity index (χ2n) is 5.42. The number of rotatable bonds is 4. The van der Waals surface area contributed by atoms with E-state index in [2.05, 4.69) is 37.3 Å². The lowest BCUT2D eigenvalue weighted by Gasteiger charge is -2.14. The summed E-state index contributed by atoms with van der Waals surface area (Å²) in [7, 11) is 1.87. The summed E-state index contributed by atoms with van der Waals surface area (Å²) in [5, 5.41) is 20.2. The average Bonchev–Trinajstić information content (AvgIpc) is 2.96. The zero-order chi connectivity index (χ0) is 13.9. The van der Waals surface area contributed by atoms with Crippen molar-refractivity contribution < 1.29 is 0 Å². The summed E-state index contributed by atoms with van der Waals surface area (Å²) in [6.45, 7) is 3.85. The molecule has 0 saturated carbocycles. The third-order valence-corrected chi connectivity index (χ3v) is 3.76. The van der Waals surface area contributed by atoms with E-state index in [1.165, 1.54) is 19.3 Å². The van der Waals surface area contributed by atoms with Gasteiger partial charge in [-0.05, 0) is 19.8 Å². The predicted molar refractivity (Wildman–Crippen MR) is 73.8 cm³/mol. The summed E-state index contributed by atoms with van der Waals surface area (Å²) < 4.78 is 3.99. The van der Waals surface area contributed by atoms with Gasteiger partial charge >= 0.3 is 0 Å². The van der Waals surface area contributed by atoms with Crippen molar-refractivity contribution in [2.24, 2.45) is 7.05 Å². The largest absolute Gasteiger partial charge is 0.314 e. The summed E-state index contributed by atoms with van der Waals surface area (Å²) in [5.41, 5.74) is 0.940. The van der Waals surface area contributed by atoms with Crippen LogP contribution in [0.4, 0.5) is 0 Å². The van der Waals surface area contributed by atoms with Crippen molar-refractivity contribution in [3.8, 4) is 0 Å². The van der Waals surface area contributed by atoms with Crippen LogP contribution in [0.3, 0.4) is 0 Å². The number of aromatic nitrogens is 6. The van der Waals surface area contributed by atoms with Crippen LogP contribution in [0.25, 0.3) is 0 Å². The van der Waals surface area contributed by atoms with Gasteiger partial charge in [0.05, 0.1) is 11.7 Å². The van der Waals surface area contributed by atoms with E-state index in [-0.39, 0.29) is 6.04 Å². The fourth-order valence-corrected chi connectivity index (χ4v) is 2.65. The monoisotopic (exact) mass is 275 g/mol. The molecule has 1 unspecified atom stereocenters. The molecular formula is C13H21N7. The van der Waals surface area contributed by atoms with Crippen molar-refractivity contribution >= 4 is 0 Å². The van der Waals surface area contributed by atoms with Crippen molar-refractivity contribution in [2.45, 2.75) is 51.7 Å². The molecule has 3 heterocycles. The van der Waals surface area contributed by atoms with Crippen molar-refractivity contribution in [1.82, 2.24) is 35.1 Å². The lowest BCUT2D eigenvalue weighted by Crippen LogP contribution is -2.22. The van der Waals surface area contributed by atoms with Gasteiger partial charge in [-0.2, -0.15) is 0 Å². The normalized spacial score (nSPS) is 16.7. The number of aryl methyl sites for hydroxylation is 2. The Morgan fingerprint density at radius 1 is 1.25 bits per heavy atom. The summed E-state index contributed by atoms with van der Waals surface area (Å²) in [5.74, 6) is 2.16. The first kappa shape index (κ1) is 13.2. The fourth-order valence-electron chi connectivity index (χ4n) is 2.65. The van der Waals surface area contributed by atoms with Crippen LogP contribution in [0.1, 0.15) is 49.6 Å². The minimum atomic E-state index is 0.163. The van der Waals surface area contributed by atoms with Gasteiger partial charge in [0.25, 0.3) is 0 Å². The first-order valence-corrected chi connectivity index (χ1v) is 7.24. The number of fused-ring (bicyclic) bond motifs is 1. The third-order valence-electron chi connectivity index (χ3n) is 3.76. The molecule has 1 N–H and O–H groups in total. The van der Waals surface area contributed by atoms with E-state index < -0.39 is 0 Å². The molecule has 0 fully saturated rings. The third kappa shape index (κ3) is 2.72. The Morgan fingerprint density at radius 2 is 2.15 bits per heavy atom. The highest BCUT2D eigenvalue weighted by atomic mass is 15.4. The van der Waals surface area contributed by atoms with E-state index in [0.717, 1.165) is 30.3 Å². The zero-order valence-electron chi connectivity index (χ0n) is 12.1. The van der Waals surface area contributed by atoms with Gasteiger partial charge in [-0.15, -0.1) is 15.3 Å². The van der Waals surface area contributed by atoms with Crippen LogP contribution in [0.15, 0.2) is 6.20 Å². The Hall–Kier alpha value is -1.76. The molecule has 0 saturated heterocycles.